The molecule has 14 aliphatic rings. The Hall–Kier alpha value is -16.2. The van der Waals surface area contributed by atoms with Crippen molar-refractivity contribution in [1.82, 2.24) is 29.9 Å². The quantitative estimate of drug-likeness (QED) is 0.0448. The average molecular weight is 2090 g/mol. The number of amidine groups is 4. The lowest BCUT2D eigenvalue weighted by Crippen LogP contribution is -2.32. The van der Waals surface area contributed by atoms with Crippen molar-refractivity contribution in [1.29, 1.82) is 21.0 Å². The normalized spacial score (nSPS) is 22.5. The summed E-state index contributed by atoms with van der Waals surface area (Å²) in [4.78, 5) is 117. The molecule has 0 bridgehead atoms. The van der Waals surface area contributed by atoms with E-state index in [2.05, 4.69) is 122 Å². The van der Waals surface area contributed by atoms with Crippen molar-refractivity contribution in [2.75, 3.05) is 0 Å². The minimum Gasteiger partial charge on any atom is -0.481 e. The molecule has 8 aliphatic carbocycles. The van der Waals surface area contributed by atoms with Crippen molar-refractivity contribution >= 4 is 214 Å². The second-order valence-corrected chi connectivity index (χ2v) is 46.8. The Morgan fingerprint density at radius 2 is 0.639 bits per heavy atom. The number of benzene rings is 2. The van der Waals surface area contributed by atoms with Crippen LogP contribution in [0.3, 0.4) is 0 Å². The van der Waals surface area contributed by atoms with Crippen LogP contribution < -0.4 is 0 Å². The number of rotatable bonds is 8. The summed E-state index contributed by atoms with van der Waals surface area (Å²) < 4.78 is 80.1. The number of fused-ring (bicyclic) bond motifs is 23. The fraction of sp³-hybridized carbons (Fsp3) is 0.241. The van der Waals surface area contributed by atoms with Gasteiger partial charge in [0.15, 0.2) is 0 Å². The molecule has 720 valence electrons. The van der Waals surface area contributed by atoms with Gasteiger partial charge in [0.05, 0.1) is 44.6 Å². The summed E-state index contributed by atoms with van der Waals surface area (Å²) in [7, 11) is 0. The lowest BCUT2D eigenvalue weighted by Gasteiger charge is -2.40. The smallest absolute Gasteiger partial charge is 0.416 e. The molecule has 24 rings (SSSR count). The fourth-order valence-electron chi connectivity index (χ4n) is 19.5. The third kappa shape index (κ3) is 16.4. The molecule has 0 fully saturated rings. The Morgan fingerprint density at radius 3 is 0.952 bits per heavy atom. The van der Waals surface area contributed by atoms with Crippen molar-refractivity contribution in [3.05, 3.63) is 321 Å². The molecule has 2 aromatic carbocycles. The van der Waals surface area contributed by atoms with Crippen LogP contribution in [0, 0.1) is 114 Å². The number of carbonyl (C=O) groups is 4. The molecule has 0 spiro atoms. The number of hydrogen-bond donors (Lipinski definition) is 0. The monoisotopic (exact) mass is 2090 g/mol. The van der Waals surface area contributed by atoms with Gasteiger partial charge in [0.1, 0.15) is 147 Å². The Balaban J connectivity index is 0.000000127. The van der Waals surface area contributed by atoms with Gasteiger partial charge < -0.3 is 47.8 Å². The van der Waals surface area contributed by atoms with Crippen molar-refractivity contribution < 1.29 is 60.8 Å². The van der Waals surface area contributed by atoms with E-state index in [0.29, 0.717) is 75.6 Å². The number of ketones is 4. The highest BCUT2D eigenvalue weighted by molar-refractivity contribution is 7.25. The molecule has 147 heavy (non-hydrogen) atoms. The topological polar surface area (TPSA) is 363 Å². The number of nitrogens with zero attached hydrogens (tertiary/aromatic N) is 18. The molecule has 0 radical (unpaired) electrons. The van der Waals surface area contributed by atoms with E-state index in [9.17, 15) is 32.3 Å². The predicted octanol–water partition coefficient (Wildman–Crippen LogP) is 26.2. The van der Waals surface area contributed by atoms with Gasteiger partial charge in [0.2, 0.25) is 33.1 Å². The largest absolute Gasteiger partial charge is 0.481 e. The molecule has 0 saturated heterocycles. The van der Waals surface area contributed by atoms with Crippen molar-refractivity contribution in [3.63, 3.8) is 0 Å². The summed E-state index contributed by atoms with van der Waals surface area (Å²) >= 11 is 11.4. The highest BCUT2D eigenvalue weighted by Crippen LogP contribution is 2.61. The van der Waals surface area contributed by atoms with E-state index >= 15 is 0 Å². The van der Waals surface area contributed by atoms with E-state index in [4.69, 9.17) is 95.7 Å². The van der Waals surface area contributed by atoms with Gasteiger partial charge in [-0.1, -0.05) is 152 Å². The maximum Gasteiger partial charge on any atom is 0.416 e. The summed E-state index contributed by atoms with van der Waals surface area (Å²) in [6.45, 7) is 53.9. The first-order chi connectivity index (χ1) is 69.9. The van der Waals surface area contributed by atoms with Gasteiger partial charge in [-0.3, -0.25) is 19.2 Å². The van der Waals surface area contributed by atoms with E-state index in [1.54, 1.807) is 59.1 Å². The molecule has 14 heterocycles. The zero-order valence-electron chi connectivity index (χ0n) is 79.4. The van der Waals surface area contributed by atoms with Gasteiger partial charge in [-0.15, -0.1) is 45.3 Å². The molecule has 0 saturated carbocycles. The number of thiazole rings is 6. The Morgan fingerprint density at radius 1 is 0.354 bits per heavy atom. The second-order valence-electron chi connectivity index (χ2n) is 38.7. The van der Waals surface area contributed by atoms with Crippen LogP contribution in [-0.2, 0) is 77.8 Å². The van der Waals surface area contributed by atoms with Crippen LogP contribution in [0.25, 0.3) is 95.9 Å². The highest BCUT2D eigenvalue weighted by Gasteiger charge is 2.52. The fourth-order valence-corrected chi connectivity index (χ4v) is 28.5. The number of aliphatic imine (C=N–C) groups is 4. The maximum absolute atomic E-state index is 13.6. The van der Waals surface area contributed by atoms with Crippen LogP contribution in [-0.4, -0.2) is 76.4 Å². The minimum absolute atomic E-state index is 0.0165. The zero-order chi connectivity index (χ0) is 103. The number of nitriles is 4. The summed E-state index contributed by atoms with van der Waals surface area (Å²) in [5.74, 6) is 0.496. The molecule has 6 atom stereocenters. The van der Waals surface area contributed by atoms with Crippen LogP contribution in [0.2, 0.25) is 0 Å². The first-order valence-electron chi connectivity index (χ1n) is 45.4. The van der Waals surface area contributed by atoms with Gasteiger partial charge >= 0.3 is 39.8 Å². The number of alkyl halides is 3. The Kier molecular flexibility index (Phi) is 22.5. The number of halogens is 3. The number of thiophene rings is 2. The summed E-state index contributed by atoms with van der Waals surface area (Å²) in [6, 6.07) is 22.7. The SMILES string of the molecule is Cc1ccc2c(c1)/C(=C/c1nc3c(s1)C1=CC4C=C5OC(C)(C)c6nc(/C=C7\C(=O)C(=O)c8ccc(C(F)(F)F)cc87)sc6C5=CC4C=C1OC3(C)C)C(=O)C2=O.[C-]#[N+]C(C#N)=Nc1ccc(-c2nc3c(s2)C2=CC4C=C5OC(C)(C)c6nc(-c7ccc(N=C(C#N)[N+]#[C-])s7)sc6C5=CC4C=C2OC3(C)C)s1.[C-]#[N+]C(C#N)=Nc1nc2c(s1)C1=CC3C=C4OC(C)(C)c5nc(N=C(C#N)[N+]#[C-])sc5C4=CC3C=C1OC2(C)C. The third-order valence-corrected chi connectivity index (χ3v) is 34.8. The third-order valence-electron chi connectivity index (χ3n) is 26.3. The van der Waals surface area contributed by atoms with Gasteiger partial charge in [-0.05, 0) is 192 Å². The van der Waals surface area contributed by atoms with Gasteiger partial charge in [0, 0.05) is 91.2 Å². The number of ether oxygens (including phenoxy) is 6. The number of hydrogen-bond acceptors (Lipinski definition) is 32. The van der Waals surface area contributed by atoms with E-state index in [-0.39, 0.29) is 75.5 Å². The number of carbonyl (C=O) groups excluding carboxylic acids is 4. The molecule has 39 heteroatoms. The van der Waals surface area contributed by atoms with Gasteiger partial charge in [0.25, 0.3) is 0 Å². The van der Waals surface area contributed by atoms with E-state index in [0.717, 1.165) is 146 Å². The van der Waals surface area contributed by atoms with E-state index in [1.165, 1.54) is 74.1 Å². The Labute approximate surface area is 869 Å². The number of Topliss-reactive ketones (excluding diaryl/α,β-unsaturated/α-hetero) is 4. The zero-order valence-corrected chi connectivity index (χ0v) is 85.9. The average Bonchev–Trinajstić information content (AvgIpc) is 1.62. The molecule has 10 aromatic rings. The molecule has 8 aromatic heterocycles. The number of aromatic nitrogens is 6. The first kappa shape index (κ1) is 95.7. The highest BCUT2D eigenvalue weighted by atomic mass is 32.1. The molecular weight excluding hydrogens is 2020 g/mol. The van der Waals surface area contributed by atoms with Crippen LogP contribution in [0.1, 0.15) is 199 Å². The first-order valence-corrected chi connectivity index (χ1v) is 52.0. The predicted molar refractivity (Wildman–Crippen MR) is 556 cm³/mol. The molecule has 28 nitrogen and oxygen atoms in total. The van der Waals surface area contributed by atoms with Gasteiger partial charge in [-0.25, -0.2) is 41.0 Å². The van der Waals surface area contributed by atoms with E-state index < -0.39 is 68.5 Å². The van der Waals surface area contributed by atoms with Crippen LogP contribution in [0.4, 0.5) is 33.4 Å². The van der Waals surface area contributed by atoms with Crippen molar-refractivity contribution in [3.8, 4) is 44.0 Å². The van der Waals surface area contributed by atoms with Crippen molar-refractivity contribution in [2.24, 2.45) is 55.5 Å². The lowest BCUT2D eigenvalue weighted by molar-refractivity contribution is -0.137. The van der Waals surface area contributed by atoms with Crippen LogP contribution in [0.15, 0.2) is 188 Å². The molecule has 6 unspecified atom stereocenters. The minimum atomic E-state index is -4.65. The summed E-state index contributed by atoms with van der Waals surface area (Å²) in [6.07, 6.45) is 24.2. The molecule has 0 amide bonds. The maximum atomic E-state index is 13.6. The molecule has 6 aliphatic heterocycles. The van der Waals surface area contributed by atoms with Gasteiger partial charge in [-0.2, -0.15) is 23.1 Å². The molecule has 0 N–H and O–H groups in total. The summed E-state index contributed by atoms with van der Waals surface area (Å²) in [5, 5.41) is 41.0. The second kappa shape index (κ2) is 34.5. The standard InChI is InChI=1S/C44H29F3N2O6S2.C36H22N8O2S4.C28H18N8O2S2/c1-18-6-8-22-24(10-18)26(36(52)34(22)50)16-32-48-40-38(56-32)28-11-19-14-31-29(12-20(19)13-30(28)54-42(40,2)3)39-41(43(4,5)55-31)49-33(57-39)17-27-25-15-21(44(45,46)47)7-9-23(25)35(51)37(27)53;1-35(2)31-29(49-33(43-31)23-7-9-27(47-23)41-25(15-37)39-5)19-11-18-14-22-20(12-17(18)13-21(19)45-35)30-32(36(3,4)46-22)44-34(50-30)24-8-10-28(48-24)42-26(16-38)40-6;1-27(2)23-21(39-25(35-23)33-19(11-29)31-5)15-7-14-10-18-16(8-13(14)9-17(15)37-27)22-24(28(3,4)38-18)36-26(40-22)34-20(12-30)32-6/h6-17,19-20H,1-5H3;7-14,17-18H,1-4H3;7-10,13-14H,1-4H3/b26-16-,27-17-;;. The van der Waals surface area contributed by atoms with E-state index in [1.807, 2.05) is 126 Å². The van der Waals surface area contributed by atoms with Crippen LogP contribution in [0.5, 0.6) is 0 Å². The van der Waals surface area contributed by atoms with Crippen molar-refractivity contribution in [2.45, 2.75) is 130 Å². The lowest BCUT2D eigenvalue weighted by atomic mass is 9.77. The number of aryl methyl sites for hydroxylation is 1. The molecular formula is C108H69F3N18O10S8. The Bertz CT molecular complexity index is 8440. The van der Waals surface area contributed by atoms with Crippen LogP contribution >= 0.6 is 90.7 Å². The number of allylic oxidation sites excluding steroid dienone is 20. The summed E-state index contributed by atoms with van der Waals surface area (Å²) in [5.41, 5.74) is 6.55.